The van der Waals surface area contributed by atoms with Crippen molar-refractivity contribution in [3.05, 3.63) is 60.7 Å². The maximum absolute atomic E-state index is 12.7. The molecular weight excluding hydrogens is 374 g/mol. The van der Waals surface area contributed by atoms with E-state index in [1.54, 1.807) is 12.4 Å². The average Bonchev–Trinajstić information content (AvgIpc) is 2.77. The summed E-state index contributed by atoms with van der Waals surface area (Å²) in [6.07, 6.45) is 9.29. The molecule has 1 aliphatic carbocycles. The van der Waals surface area contributed by atoms with E-state index in [0.29, 0.717) is 11.7 Å². The number of rotatable bonds is 5. The van der Waals surface area contributed by atoms with Crippen LogP contribution in [0.2, 0.25) is 0 Å². The van der Waals surface area contributed by atoms with Crippen LogP contribution in [0, 0.1) is 18.8 Å². The smallest absolute Gasteiger partial charge is 0.227 e. The summed E-state index contributed by atoms with van der Waals surface area (Å²) in [6.45, 7) is 4.26. The van der Waals surface area contributed by atoms with E-state index in [2.05, 4.69) is 32.5 Å². The third-order valence-corrected chi connectivity index (χ3v) is 5.73. The number of carbonyl (C=O) groups is 1. The van der Waals surface area contributed by atoms with E-state index < -0.39 is 0 Å². The fourth-order valence-corrected chi connectivity index (χ4v) is 4.04. The number of carbonyl (C=O) groups excluding carboxylic acids is 1. The molecule has 2 atom stereocenters. The van der Waals surface area contributed by atoms with Crippen LogP contribution in [-0.4, -0.2) is 20.9 Å². The highest BCUT2D eigenvalue weighted by atomic mass is 16.1. The Labute approximate surface area is 177 Å². The molecule has 2 heterocycles. The second kappa shape index (κ2) is 9.03. The molecule has 0 aliphatic heterocycles. The number of nitrogens with one attached hydrogen (secondary N) is 2. The molecule has 0 saturated heterocycles. The van der Waals surface area contributed by atoms with Gasteiger partial charge in [0, 0.05) is 35.2 Å². The van der Waals surface area contributed by atoms with E-state index in [1.165, 1.54) is 12.7 Å². The zero-order valence-corrected chi connectivity index (χ0v) is 17.4. The van der Waals surface area contributed by atoms with E-state index in [9.17, 15) is 4.79 Å². The molecule has 0 spiro atoms. The number of pyridine rings is 1. The van der Waals surface area contributed by atoms with Gasteiger partial charge in [-0.3, -0.25) is 4.79 Å². The standard InChI is InChI=1S/C24H27N5O/c1-16-5-3-6-18(13-16)24(30)28-19-9-8-17(2)22(14-19)29-23-20(7-4-11-26-23)21-10-12-25-15-27-21/h4,7-12,14-16,18H,3,5-6,13H2,1-2H3,(H,26,29)(H,28,30)/t16-,18?/m0/s1. The van der Waals surface area contributed by atoms with Crippen molar-refractivity contribution in [2.75, 3.05) is 10.6 Å². The van der Waals surface area contributed by atoms with Crippen LogP contribution in [0.25, 0.3) is 11.3 Å². The minimum Gasteiger partial charge on any atom is -0.339 e. The van der Waals surface area contributed by atoms with Crippen molar-refractivity contribution in [3.63, 3.8) is 0 Å². The first-order valence-electron chi connectivity index (χ1n) is 10.5. The molecular formula is C24H27N5O. The molecule has 1 aromatic carbocycles. The van der Waals surface area contributed by atoms with Gasteiger partial charge in [-0.2, -0.15) is 0 Å². The monoisotopic (exact) mass is 401 g/mol. The summed E-state index contributed by atoms with van der Waals surface area (Å²) in [5, 5.41) is 6.53. The van der Waals surface area contributed by atoms with Crippen LogP contribution in [-0.2, 0) is 4.79 Å². The molecule has 1 fully saturated rings. The fourth-order valence-electron chi connectivity index (χ4n) is 4.04. The molecule has 1 amide bonds. The lowest BCUT2D eigenvalue weighted by atomic mass is 9.82. The predicted octanol–water partition coefficient (Wildman–Crippen LogP) is 5.36. The van der Waals surface area contributed by atoms with Crippen LogP contribution in [0.1, 0.15) is 38.2 Å². The minimum absolute atomic E-state index is 0.103. The molecule has 1 saturated carbocycles. The first kappa shape index (κ1) is 20.0. The Bertz CT molecular complexity index is 1020. The Morgan fingerprint density at radius 3 is 2.80 bits per heavy atom. The van der Waals surface area contributed by atoms with Crippen LogP contribution in [0.5, 0.6) is 0 Å². The number of benzene rings is 1. The van der Waals surface area contributed by atoms with Gasteiger partial charge in [0.1, 0.15) is 12.1 Å². The molecule has 154 valence electrons. The van der Waals surface area contributed by atoms with Crippen molar-refractivity contribution in [1.29, 1.82) is 0 Å². The number of nitrogens with zero attached hydrogens (tertiary/aromatic N) is 3. The second-order valence-electron chi connectivity index (χ2n) is 8.11. The van der Waals surface area contributed by atoms with Gasteiger partial charge in [0.15, 0.2) is 0 Å². The zero-order chi connectivity index (χ0) is 20.9. The fraction of sp³-hybridized carbons (Fsp3) is 0.333. The summed E-state index contributed by atoms with van der Waals surface area (Å²) in [4.78, 5) is 25.6. The Balaban J connectivity index is 1.54. The Hall–Kier alpha value is -3.28. The summed E-state index contributed by atoms with van der Waals surface area (Å²) in [7, 11) is 0. The molecule has 1 aliphatic rings. The number of hydrogen-bond donors (Lipinski definition) is 2. The van der Waals surface area contributed by atoms with E-state index in [4.69, 9.17) is 0 Å². The third kappa shape index (κ3) is 4.64. The van der Waals surface area contributed by atoms with Crippen molar-refractivity contribution in [3.8, 4) is 11.3 Å². The molecule has 4 rings (SSSR count). The van der Waals surface area contributed by atoms with Crippen LogP contribution in [0.3, 0.4) is 0 Å². The minimum atomic E-state index is 0.103. The Kier molecular flexibility index (Phi) is 6.02. The van der Waals surface area contributed by atoms with Crippen molar-refractivity contribution < 1.29 is 4.79 Å². The highest BCUT2D eigenvalue weighted by Gasteiger charge is 2.25. The highest BCUT2D eigenvalue weighted by molar-refractivity contribution is 5.93. The Morgan fingerprint density at radius 1 is 1.10 bits per heavy atom. The lowest BCUT2D eigenvalue weighted by molar-refractivity contribution is -0.121. The summed E-state index contributed by atoms with van der Waals surface area (Å²) >= 11 is 0. The molecule has 3 aromatic rings. The van der Waals surface area contributed by atoms with Gasteiger partial charge >= 0.3 is 0 Å². The lowest BCUT2D eigenvalue weighted by Gasteiger charge is -2.25. The summed E-state index contributed by atoms with van der Waals surface area (Å²) < 4.78 is 0. The number of aromatic nitrogens is 3. The van der Waals surface area contributed by atoms with Crippen LogP contribution in [0.4, 0.5) is 17.2 Å². The lowest BCUT2D eigenvalue weighted by Crippen LogP contribution is -2.27. The maximum atomic E-state index is 12.7. The first-order chi connectivity index (χ1) is 14.6. The largest absolute Gasteiger partial charge is 0.339 e. The van der Waals surface area contributed by atoms with Crippen LogP contribution < -0.4 is 10.6 Å². The van der Waals surface area contributed by atoms with Crippen LogP contribution >= 0.6 is 0 Å². The molecule has 0 radical (unpaired) electrons. The number of aryl methyl sites for hydroxylation is 1. The van der Waals surface area contributed by atoms with Crippen molar-refractivity contribution in [2.24, 2.45) is 11.8 Å². The van der Waals surface area contributed by atoms with Gasteiger partial charge in [-0.05, 0) is 61.6 Å². The molecule has 30 heavy (non-hydrogen) atoms. The maximum Gasteiger partial charge on any atom is 0.227 e. The normalized spacial score (nSPS) is 18.6. The highest BCUT2D eigenvalue weighted by Crippen LogP contribution is 2.31. The van der Waals surface area contributed by atoms with Gasteiger partial charge in [0.2, 0.25) is 5.91 Å². The summed E-state index contributed by atoms with van der Waals surface area (Å²) in [6, 6.07) is 11.7. The molecule has 1 unspecified atom stereocenters. The molecule has 2 aromatic heterocycles. The van der Waals surface area contributed by atoms with Crippen molar-refractivity contribution in [2.45, 2.75) is 39.5 Å². The quantitative estimate of drug-likeness (QED) is 0.602. The molecule has 2 N–H and O–H groups in total. The van der Waals surface area contributed by atoms with Gasteiger partial charge < -0.3 is 10.6 Å². The van der Waals surface area contributed by atoms with Crippen LogP contribution in [0.15, 0.2) is 55.1 Å². The summed E-state index contributed by atoms with van der Waals surface area (Å²) in [5.74, 6) is 1.56. The molecule has 0 bridgehead atoms. The van der Waals surface area contributed by atoms with E-state index in [0.717, 1.165) is 47.5 Å². The second-order valence-corrected chi connectivity index (χ2v) is 8.11. The number of hydrogen-bond acceptors (Lipinski definition) is 5. The van der Waals surface area contributed by atoms with E-state index >= 15 is 0 Å². The third-order valence-electron chi connectivity index (χ3n) is 5.73. The van der Waals surface area contributed by atoms with Gasteiger partial charge in [-0.25, -0.2) is 15.0 Å². The Morgan fingerprint density at radius 2 is 2.00 bits per heavy atom. The molecule has 6 nitrogen and oxygen atoms in total. The number of amides is 1. The summed E-state index contributed by atoms with van der Waals surface area (Å²) in [5.41, 5.74) is 4.46. The average molecular weight is 402 g/mol. The van der Waals surface area contributed by atoms with Crippen molar-refractivity contribution >= 4 is 23.1 Å². The van der Waals surface area contributed by atoms with Gasteiger partial charge in [0.25, 0.3) is 0 Å². The van der Waals surface area contributed by atoms with Gasteiger partial charge in [-0.1, -0.05) is 25.8 Å². The predicted molar refractivity (Wildman–Crippen MR) is 119 cm³/mol. The molecule has 6 heteroatoms. The SMILES string of the molecule is Cc1ccc(NC(=O)C2CCC[C@H](C)C2)cc1Nc1ncccc1-c1ccncn1. The van der Waals surface area contributed by atoms with Gasteiger partial charge in [-0.15, -0.1) is 0 Å². The topological polar surface area (TPSA) is 79.8 Å². The van der Waals surface area contributed by atoms with E-state index in [1.807, 2.05) is 43.3 Å². The van der Waals surface area contributed by atoms with Gasteiger partial charge in [0.05, 0.1) is 5.69 Å². The van der Waals surface area contributed by atoms with Crippen molar-refractivity contribution in [1.82, 2.24) is 15.0 Å². The first-order valence-corrected chi connectivity index (χ1v) is 10.5. The van der Waals surface area contributed by atoms with E-state index in [-0.39, 0.29) is 11.8 Å². The number of anilines is 3. The zero-order valence-electron chi connectivity index (χ0n) is 17.4.